The van der Waals surface area contributed by atoms with E-state index in [2.05, 4.69) is 10.2 Å². The summed E-state index contributed by atoms with van der Waals surface area (Å²) in [5, 5.41) is 9.54. The Balaban J connectivity index is 1.72. The van der Waals surface area contributed by atoms with Gasteiger partial charge in [-0.1, -0.05) is 34.8 Å². The summed E-state index contributed by atoms with van der Waals surface area (Å²) in [4.78, 5) is 0. The zero-order valence-electron chi connectivity index (χ0n) is 11.1. The Labute approximate surface area is 141 Å². The molecule has 3 aromatic rings. The first-order chi connectivity index (χ1) is 10.6. The van der Waals surface area contributed by atoms with Crippen molar-refractivity contribution >= 4 is 34.8 Å². The van der Waals surface area contributed by atoms with Gasteiger partial charge in [-0.05, 0) is 36.4 Å². The van der Waals surface area contributed by atoms with Crippen LogP contribution in [-0.2, 0) is 6.61 Å². The highest BCUT2D eigenvalue weighted by atomic mass is 35.5. The summed E-state index contributed by atoms with van der Waals surface area (Å²) in [7, 11) is 0. The molecule has 0 N–H and O–H groups in total. The smallest absolute Gasteiger partial charge is 0.254 e. The Bertz CT molecular complexity index is 788. The second-order valence-corrected chi connectivity index (χ2v) is 5.65. The van der Waals surface area contributed by atoms with Crippen molar-refractivity contribution in [3.05, 3.63) is 63.4 Å². The number of ether oxygens (including phenoxy) is 1. The number of rotatable bonds is 4. The zero-order valence-corrected chi connectivity index (χ0v) is 13.4. The molecule has 0 atom stereocenters. The lowest BCUT2D eigenvalue weighted by atomic mass is 10.2. The van der Waals surface area contributed by atoms with Crippen LogP contribution >= 0.6 is 34.8 Å². The van der Waals surface area contributed by atoms with Crippen LogP contribution in [0.1, 0.15) is 5.89 Å². The second kappa shape index (κ2) is 6.57. The third-order valence-electron chi connectivity index (χ3n) is 2.80. The van der Waals surface area contributed by atoms with Gasteiger partial charge in [0, 0.05) is 21.7 Å². The molecule has 1 aromatic heterocycles. The summed E-state index contributed by atoms with van der Waals surface area (Å²) >= 11 is 17.7. The van der Waals surface area contributed by atoms with Crippen molar-refractivity contribution in [1.29, 1.82) is 0 Å². The molecule has 112 valence electrons. The number of halogens is 3. The SMILES string of the molecule is Clc1ccc(-c2nnc(COc3cc(Cl)ccc3Cl)o2)cc1. The molecule has 0 spiro atoms. The molecule has 0 saturated heterocycles. The van der Waals surface area contributed by atoms with E-state index in [9.17, 15) is 0 Å². The van der Waals surface area contributed by atoms with Gasteiger partial charge in [0.1, 0.15) is 5.75 Å². The van der Waals surface area contributed by atoms with Crippen molar-refractivity contribution in [3.63, 3.8) is 0 Å². The lowest BCUT2D eigenvalue weighted by molar-refractivity contribution is 0.264. The topological polar surface area (TPSA) is 48.2 Å². The quantitative estimate of drug-likeness (QED) is 0.639. The van der Waals surface area contributed by atoms with E-state index in [1.54, 1.807) is 42.5 Å². The first-order valence-corrected chi connectivity index (χ1v) is 7.41. The van der Waals surface area contributed by atoms with E-state index in [4.69, 9.17) is 44.0 Å². The number of nitrogens with zero attached hydrogens (tertiary/aromatic N) is 2. The summed E-state index contributed by atoms with van der Waals surface area (Å²) in [6.45, 7) is 0.0979. The summed E-state index contributed by atoms with van der Waals surface area (Å²) in [5.41, 5.74) is 0.781. The fourth-order valence-corrected chi connectivity index (χ4v) is 2.21. The Morgan fingerprint density at radius 3 is 2.41 bits per heavy atom. The van der Waals surface area contributed by atoms with Gasteiger partial charge in [-0.15, -0.1) is 10.2 Å². The van der Waals surface area contributed by atoms with E-state index in [-0.39, 0.29) is 6.61 Å². The Hall–Kier alpha value is -1.75. The van der Waals surface area contributed by atoms with Crippen LogP contribution < -0.4 is 4.74 Å². The largest absolute Gasteiger partial charge is 0.482 e. The monoisotopic (exact) mass is 354 g/mol. The molecule has 4 nitrogen and oxygen atoms in total. The Morgan fingerprint density at radius 2 is 1.64 bits per heavy atom. The second-order valence-electron chi connectivity index (χ2n) is 4.37. The van der Waals surface area contributed by atoms with Crippen molar-refractivity contribution in [2.45, 2.75) is 6.61 Å². The molecule has 0 aliphatic rings. The van der Waals surface area contributed by atoms with Crippen molar-refractivity contribution in [2.24, 2.45) is 0 Å². The normalized spacial score (nSPS) is 10.7. The number of hydrogen-bond acceptors (Lipinski definition) is 4. The summed E-state index contributed by atoms with van der Waals surface area (Å²) in [5.74, 6) is 1.19. The van der Waals surface area contributed by atoms with Crippen LogP contribution in [0.5, 0.6) is 5.75 Å². The van der Waals surface area contributed by atoms with E-state index in [1.807, 2.05) is 0 Å². The average molecular weight is 356 g/mol. The van der Waals surface area contributed by atoms with Gasteiger partial charge in [-0.2, -0.15) is 0 Å². The van der Waals surface area contributed by atoms with Crippen LogP contribution in [0.15, 0.2) is 46.9 Å². The van der Waals surface area contributed by atoms with Crippen molar-refractivity contribution in [2.75, 3.05) is 0 Å². The molecule has 0 bridgehead atoms. The molecule has 0 aliphatic heterocycles. The predicted molar refractivity (Wildman–Crippen MR) is 85.5 cm³/mol. The van der Waals surface area contributed by atoms with Crippen LogP contribution in [0.2, 0.25) is 15.1 Å². The maximum atomic E-state index is 6.02. The summed E-state index contributed by atoms with van der Waals surface area (Å²) in [6.07, 6.45) is 0. The van der Waals surface area contributed by atoms with Gasteiger partial charge in [-0.3, -0.25) is 0 Å². The van der Waals surface area contributed by atoms with E-state index in [0.29, 0.717) is 32.6 Å². The Morgan fingerprint density at radius 1 is 0.909 bits per heavy atom. The van der Waals surface area contributed by atoms with Crippen molar-refractivity contribution < 1.29 is 9.15 Å². The Kier molecular flexibility index (Phi) is 4.52. The molecule has 2 aromatic carbocycles. The lowest BCUT2D eigenvalue weighted by Crippen LogP contribution is -1.96. The summed E-state index contributed by atoms with van der Waals surface area (Å²) < 4.78 is 11.1. The number of aromatic nitrogens is 2. The molecular weight excluding hydrogens is 347 g/mol. The number of hydrogen-bond donors (Lipinski definition) is 0. The molecule has 7 heteroatoms. The van der Waals surface area contributed by atoms with E-state index in [1.165, 1.54) is 0 Å². The fraction of sp³-hybridized carbons (Fsp3) is 0.0667. The molecule has 0 aliphatic carbocycles. The minimum absolute atomic E-state index is 0.0979. The van der Waals surface area contributed by atoms with Gasteiger partial charge in [0.25, 0.3) is 5.89 Å². The highest BCUT2D eigenvalue weighted by Crippen LogP contribution is 2.28. The molecular formula is C15H9Cl3N2O2. The fourth-order valence-electron chi connectivity index (χ4n) is 1.75. The molecule has 0 saturated carbocycles. The van der Waals surface area contributed by atoms with E-state index in [0.717, 1.165) is 5.56 Å². The maximum absolute atomic E-state index is 6.02. The van der Waals surface area contributed by atoms with Crippen LogP contribution in [-0.4, -0.2) is 10.2 Å². The van der Waals surface area contributed by atoms with Crippen LogP contribution in [0.4, 0.5) is 0 Å². The van der Waals surface area contributed by atoms with E-state index < -0.39 is 0 Å². The maximum Gasteiger partial charge on any atom is 0.254 e. The zero-order chi connectivity index (χ0) is 15.5. The van der Waals surface area contributed by atoms with Crippen molar-refractivity contribution in [3.8, 4) is 17.2 Å². The van der Waals surface area contributed by atoms with Gasteiger partial charge in [0.2, 0.25) is 5.89 Å². The van der Waals surface area contributed by atoms with Gasteiger partial charge >= 0.3 is 0 Å². The highest BCUT2D eigenvalue weighted by molar-refractivity contribution is 6.34. The van der Waals surface area contributed by atoms with Gasteiger partial charge in [0.05, 0.1) is 5.02 Å². The van der Waals surface area contributed by atoms with Gasteiger partial charge in [-0.25, -0.2) is 0 Å². The number of benzene rings is 2. The predicted octanol–water partition coefficient (Wildman–Crippen LogP) is 5.28. The first-order valence-electron chi connectivity index (χ1n) is 6.28. The molecule has 0 amide bonds. The molecule has 0 radical (unpaired) electrons. The third kappa shape index (κ3) is 3.53. The molecule has 0 fully saturated rings. The average Bonchev–Trinajstić information content (AvgIpc) is 2.98. The first kappa shape index (κ1) is 15.2. The van der Waals surface area contributed by atoms with Gasteiger partial charge in [0.15, 0.2) is 6.61 Å². The lowest BCUT2D eigenvalue weighted by Gasteiger charge is -2.05. The third-order valence-corrected chi connectivity index (χ3v) is 3.60. The molecule has 0 unspecified atom stereocenters. The van der Waals surface area contributed by atoms with Gasteiger partial charge < -0.3 is 9.15 Å². The molecule has 3 rings (SSSR count). The highest BCUT2D eigenvalue weighted by Gasteiger charge is 2.10. The minimum Gasteiger partial charge on any atom is -0.482 e. The standard InChI is InChI=1S/C15H9Cl3N2O2/c16-10-3-1-9(2-4-10)15-20-19-14(22-15)8-21-13-7-11(17)5-6-12(13)18/h1-7H,8H2. The molecule has 1 heterocycles. The summed E-state index contributed by atoms with van der Waals surface area (Å²) in [6, 6.07) is 12.1. The van der Waals surface area contributed by atoms with Crippen LogP contribution in [0.3, 0.4) is 0 Å². The van der Waals surface area contributed by atoms with Crippen LogP contribution in [0, 0.1) is 0 Å². The van der Waals surface area contributed by atoms with Crippen molar-refractivity contribution in [1.82, 2.24) is 10.2 Å². The van der Waals surface area contributed by atoms with Crippen LogP contribution in [0.25, 0.3) is 11.5 Å². The minimum atomic E-state index is 0.0979. The van der Waals surface area contributed by atoms with E-state index >= 15 is 0 Å². The molecule has 22 heavy (non-hydrogen) atoms.